The van der Waals surface area contributed by atoms with Crippen LogP contribution in [-0.4, -0.2) is 51.5 Å². The van der Waals surface area contributed by atoms with Gasteiger partial charge in [0.05, 0.1) is 29.7 Å². The number of thiazole rings is 1. The number of nitro groups is 1. The number of benzene rings is 2. The molecule has 0 radical (unpaired) electrons. The fourth-order valence-electron chi connectivity index (χ4n) is 2.94. The van der Waals surface area contributed by atoms with Gasteiger partial charge in [-0.15, -0.1) is 0 Å². The minimum Gasteiger partial charge on any atom is -0.493 e. The average Bonchev–Trinajstić information content (AvgIpc) is 3.13. The Labute approximate surface area is 189 Å². The molecule has 0 bridgehead atoms. The van der Waals surface area contributed by atoms with E-state index in [2.05, 4.69) is 9.71 Å². The Bertz CT molecular complexity index is 1240. The molecule has 0 atom stereocenters. The quantitative estimate of drug-likeness (QED) is 0.365. The maximum absolute atomic E-state index is 13.0. The van der Waals surface area contributed by atoms with Gasteiger partial charge in [-0.05, 0) is 26.2 Å². The van der Waals surface area contributed by atoms with E-state index in [0.717, 1.165) is 4.88 Å². The molecule has 1 heterocycles. The second-order valence-corrected chi connectivity index (χ2v) is 9.72. The molecule has 0 saturated heterocycles. The van der Waals surface area contributed by atoms with E-state index in [1.807, 2.05) is 19.0 Å². The van der Waals surface area contributed by atoms with Crippen LogP contribution in [-0.2, 0) is 16.6 Å². The number of nitro benzene ring substituents is 1. The molecule has 0 saturated carbocycles. The summed E-state index contributed by atoms with van der Waals surface area (Å²) >= 11 is 1.17. The Morgan fingerprint density at radius 1 is 1.12 bits per heavy atom. The van der Waals surface area contributed by atoms with Crippen molar-refractivity contribution in [2.45, 2.75) is 11.4 Å². The summed E-state index contributed by atoms with van der Waals surface area (Å²) in [7, 11) is 2.64. The standard InChI is InChI=1S/C20H22N4O6S2/c1-23(2)12-18-19(13-6-5-7-14(10-13)24(25)26)21-20(31-18)22-32(27,28)15-8-9-16(29-3)17(11-15)30-4/h5-11H,12H2,1-4H3,(H,21,22). The Kier molecular flexibility index (Phi) is 6.96. The van der Waals surface area contributed by atoms with Crippen molar-refractivity contribution in [3.8, 4) is 22.8 Å². The van der Waals surface area contributed by atoms with Gasteiger partial charge in [0.25, 0.3) is 15.7 Å². The van der Waals surface area contributed by atoms with Crippen LogP contribution in [0.15, 0.2) is 47.4 Å². The van der Waals surface area contributed by atoms with Gasteiger partial charge in [0.2, 0.25) is 0 Å². The summed E-state index contributed by atoms with van der Waals surface area (Å²) in [6.07, 6.45) is 0. The van der Waals surface area contributed by atoms with Crippen LogP contribution < -0.4 is 14.2 Å². The number of nitrogens with zero attached hydrogens (tertiary/aromatic N) is 3. The van der Waals surface area contributed by atoms with Gasteiger partial charge in [-0.1, -0.05) is 23.5 Å². The molecular weight excluding hydrogens is 456 g/mol. The zero-order chi connectivity index (χ0) is 23.5. The third-order valence-corrected chi connectivity index (χ3v) is 6.80. The number of hydrogen-bond donors (Lipinski definition) is 1. The number of methoxy groups -OCH3 is 2. The van der Waals surface area contributed by atoms with Crippen LogP contribution in [0, 0.1) is 10.1 Å². The van der Waals surface area contributed by atoms with Gasteiger partial charge in [0.15, 0.2) is 16.6 Å². The first kappa shape index (κ1) is 23.4. The largest absolute Gasteiger partial charge is 0.493 e. The molecule has 0 unspecified atom stereocenters. The van der Waals surface area contributed by atoms with Gasteiger partial charge in [0, 0.05) is 35.2 Å². The van der Waals surface area contributed by atoms with Crippen LogP contribution in [0.4, 0.5) is 10.8 Å². The number of sulfonamides is 1. The Hall–Kier alpha value is -3.22. The number of nitrogens with one attached hydrogen (secondary N) is 1. The van der Waals surface area contributed by atoms with E-state index >= 15 is 0 Å². The SMILES string of the molecule is COc1ccc(S(=O)(=O)Nc2nc(-c3cccc([N+](=O)[O-])c3)c(CN(C)C)s2)cc1OC. The number of hydrogen-bond acceptors (Lipinski definition) is 9. The van der Waals surface area contributed by atoms with E-state index in [0.29, 0.717) is 23.6 Å². The molecule has 12 heteroatoms. The normalized spacial score (nSPS) is 11.4. The third-order valence-electron chi connectivity index (χ3n) is 4.37. The maximum atomic E-state index is 13.0. The molecule has 1 N–H and O–H groups in total. The molecule has 0 aliphatic rings. The lowest BCUT2D eigenvalue weighted by molar-refractivity contribution is -0.384. The third kappa shape index (κ3) is 5.15. The van der Waals surface area contributed by atoms with Crippen molar-refractivity contribution in [1.82, 2.24) is 9.88 Å². The van der Waals surface area contributed by atoms with Crippen molar-refractivity contribution in [3.63, 3.8) is 0 Å². The van der Waals surface area contributed by atoms with E-state index < -0.39 is 14.9 Å². The van der Waals surface area contributed by atoms with Crippen LogP contribution in [0.3, 0.4) is 0 Å². The lowest BCUT2D eigenvalue weighted by Gasteiger charge is -2.10. The molecule has 1 aromatic heterocycles. The van der Waals surface area contributed by atoms with Gasteiger partial charge >= 0.3 is 0 Å². The first-order valence-corrected chi connectivity index (χ1v) is 11.6. The van der Waals surface area contributed by atoms with Crippen LogP contribution in [0.1, 0.15) is 4.88 Å². The van der Waals surface area contributed by atoms with Crippen molar-refractivity contribution in [2.75, 3.05) is 33.0 Å². The highest BCUT2D eigenvalue weighted by Crippen LogP contribution is 2.35. The first-order valence-electron chi connectivity index (χ1n) is 9.28. The number of rotatable bonds is 9. The number of non-ortho nitro benzene ring substituents is 1. The molecule has 0 aliphatic heterocycles. The van der Waals surface area contributed by atoms with Gasteiger partial charge in [-0.2, -0.15) is 0 Å². The van der Waals surface area contributed by atoms with Crippen molar-refractivity contribution in [2.24, 2.45) is 0 Å². The Morgan fingerprint density at radius 2 is 1.84 bits per heavy atom. The minimum atomic E-state index is -3.97. The molecule has 170 valence electrons. The van der Waals surface area contributed by atoms with E-state index in [4.69, 9.17) is 9.47 Å². The molecule has 2 aromatic carbocycles. The highest BCUT2D eigenvalue weighted by Gasteiger charge is 2.22. The molecule has 0 fully saturated rings. The Morgan fingerprint density at radius 3 is 2.47 bits per heavy atom. The molecule has 0 amide bonds. The fourth-order valence-corrected chi connectivity index (χ4v) is 5.29. The number of aromatic nitrogens is 1. The monoisotopic (exact) mass is 478 g/mol. The van der Waals surface area contributed by atoms with Gasteiger partial charge in [0.1, 0.15) is 0 Å². The number of anilines is 1. The van der Waals surface area contributed by atoms with Crippen LogP contribution in [0.25, 0.3) is 11.3 Å². The summed E-state index contributed by atoms with van der Waals surface area (Å²) in [4.78, 5) is 17.8. The summed E-state index contributed by atoms with van der Waals surface area (Å²) in [5.74, 6) is 0.682. The zero-order valence-corrected chi connectivity index (χ0v) is 19.5. The topological polar surface area (TPSA) is 124 Å². The summed E-state index contributed by atoms with van der Waals surface area (Å²) in [6, 6.07) is 10.3. The lowest BCUT2D eigenvalue weighted by atomic mass is 10.1. The minimum absolute atomic E-state index is 0.0172. The van der Waals surface area contributed by atoms with Crippen LogP contribution in [0.2, 0.25) is 0 Å². The number of ether oxygens (including phenoxy) is 2. The van der Waals surface area contributed by atoms with Crippen molar-refractivity contribution in [3.05, 3.63) is 57.5 Å². The van der Waals surface area contributed by atoms with Crippen LogP contribution >= 0.6 is 11.3 Å². The highest BCUT2D eigenvalue weighted by atomic mass is 32.2. The van der Waals surface area contributed by atoms with E-state index in [1.165, 1.54) is 55.9 Å². The molecule has 0 spiro atoms. The lowest BCUT2D eigenvalue weighted by Crippen LogP contribution is -2.13. The molecule has 3 aromatic rings. The predicted molar refractivity (Wildman–Crippen MR) is 122 cm³/mol. The highest BCUT2D eigenvalue weighted by molar-refractivity contribution is 7.93. The fraction of sp³-hybridized carbons (Fsp3) is 0.250. The summed E-state index contributed by atoms with van der Waals surface area (Å²) < 4.78 is 38.7. The maximum Gasteiger partial charge on any atom is 0.270 e. The van der Waals surface area contributed by atoms with Gasteiger partial charge in [-0.25, -0.2) is 13.4 Å². The average molecular weight is 479 g/mol. The van der Waals surface area contributed by atoms with Crippen molar-refractivity contribution >= 4 is 32.2 Å². The zero-order valence-electron chi connectivity index (χ0n) is 17.9. The molecule has 3 rings (SSSR count). The first-order chi connectivity index (χ1) is 15.1. The molecular formula is C20H22N4O6S2. The second kappa shape index (κ2) is 9.51. The van der Waals surface area contributed by atoms with E-state index in [-0.39, 0.29) is 21.5 Å². The van der Waals surface area contributed by atoms with Crippen molar-refractivity contribution < 1.29 is 22.8 Å². The summed E-state index contributed by atoms with van der Waals surface area (Å²) in [5.41, 5.74) is 0.944. The molecule has 32 heavy (non-hydrogen) atoms. The predicted octanol–water partition coefficient (Wildman–Crippen LogP) is 3.60. The van der Waals surface area contributed by atoms with Gasteiger partial charge in [-0.3, -0.25) is 14.8 Å². The van der Waals surface area contributed by atoms with E-state index in [1.54, 1.807) is 12.1 Å². The molecule has 0 aliphatic carbocycles. The van der Waals surface area contributed by atoms with Crippen molar-refractivity contribution in [1.29, 1.82) is 0 Å². The summed E-state index contributed by atoms with van der Waals surface area (Å²) in [5, 5.41) is 11.3. The Balaban J connectivity index is 2.00. The van der Waals surface area contributed by atoms with Gasteiger partial charge < -0.3 is 14.4 Å². The smallest absolute Gasteiger partial charge is 0.270 e. The van der Waals surface area contributed by atoms with Crippen LogP contribution in [0.5, 0.6) is 11.5 Å². The molecule has 10 nitrogen and oxygen atoms in total. The van der Waals surface area contributed by atoms with E-state index in [9.17, 15) is 18.5 Å². The second-order valence-electron chi connectivity index (χ2n) is 6.96. The summed E-state index contributed by atoms with van der Waals surface area (Å²) in [6.45, 7) is 0.480.